The molecule has 10 heteroatoms. The van der Waals surface area contributed by atoms with Gasteiger partial charge in [0.15, 0.2) is 11.6 Å². The zero-order valence-corrected chi connectivity index (χ0v) is 18.1. The first kappa shape index (κ1) is 21.6. The molecule has 1 saturated heterocycles. The number of para-hydroxylation sites is 1. The fourth-order valence-electron chi connectivity index (χ4n) is 3.58. The molecule has 0 amide bonds. The van der Waals surface area contributed by atoms with Gasteiger partial charge in [-0.2, -0.15) is 8.42 Å². The molecule has 0 aliphatic carbocycles. The van der Waals surface area contributed by atoms with Crippen molar-refractivity contribution in [1.29, 1.82) is 0 Å². The summed E-state index contributed by atoms with van der Waals surface area (Å²) in [7, 11) is -3.95. The second kappa shape index (κ2) is 8.84. The molecule has 31 heavy (non-hydrogen) atoms. The van der Waals surface area contributed by atoms with E-state index in [2.05, 4.69) is 4.40 Å². The number of halogens is 2. The minimum Gasteiger partial charge on any atom is -0.487 e. The molecule has 0 saturated carbocycles. The first-order valence-corrected chi connectivity index (χ1v) is 11.7. The Kier molecular flexibility index (Phi) is 6.15. The Hall–Kier alpha value is -2.65. The van der Waals surface area contributed by atoms with E-state index in [0.717, 1.165) is 19.3 Å². The Morgan fingerprint density at radius 3 is 2.77 bits per heavy atom. The van der Waals surface area contributed by atoms with Crippen LogP contribution in [0.1, 0.15) is 36.0 Å². The van der Waals surface area contributed by atoms with Crippen molar-refractivity contribution in [2.45, 2.75) is 30.6 Å². The van der Waals surface area contributed by atoms with Crippen LogP contribution in [-0.4, -0.2) is 40.0 Å². The highest BCUT2D eigenvalue weighted by Crippen LogP contribution is 2.38. The average Bonchev–Trinajstić information content (AvgIpc) is 2.96. The molecule has 0 bridgehead atoms. The van der Waals surface area contributed by atoms with Crippen LogP contribution in [0.3, 0.4) is 0 Å². The Bertz CT molecular complexity index is 1150. The molecular weight excluding hydrogens is 447 g/mol. The van der Waals surface area contributed by atoms with E-state index in [9.17, 15) is 17.6 Å². The molecule has 0 radical (unpaired) electrons. The van der Waals surface area contributed by atoms with Crippen LogP contribution >= 0.6 is 11.6 Å². The number of hydrogen-bond donors (Lipinski definition) is 0. The van der Waals surface area contributed by atoms with Gasteiger partial charge in [-0.05, 0) is 37.1 Å². The number of ether oxygens (including phenoxy) is 2. The number of nitrogens with zero attached hydrogens (tertiary/aromatic N) is 2. The number of rotatable bonds is 5. The fraction of sp³-hybridized carbons (Fsp3) is 0.333. The standard InChI is InChI=1S/C21H20ClFN2O5S/c22-15-13-17-19(31(27,28)24-20-8-2-1-5-9-25(17)20)12-14(15)21(26)30-11-10-29-18-7-4-3-6-16(18)23/h3-4,6-7,12-13H,1-2,5,8-11H2. The molecule has 0 atom stereocenters. The highest BCUT2D eigenvalue weighted by atomic mass is 35.5. The fourth-order valence-corrected chi connectivity index (χ4v) is 5.08. The molecule has 4 rings (SSSR count). The van der Waals surface area contributed by atoms with Crippen LogP contribution in [0.15, 0.2) is 45.7 Å². The van der Waals surface area contributed by atoms with Crippen LogP contribution in [0.2, 0.25) is 5.02 Å². The van der Waals surface area contributed by atoms with E-state index < -0.39 is 21.8 Å². The summed E-state index contributed by atoms with van der Waals surface area (Å²) in [5.41, 5.74) is 0.347. The van der Waals surface area contributed by atoms with Gasteiger partial charge in [0.05, 0.1) is 16.3 Å². The molecule has 0 unspecified atom stereocenters. The SMILES string of the molecule is O=C(OCCOc1ccccc1F)c1cc2c(cc1Cl)N1CCCCCC1=NS2(=O)=O. The topological polar surface area (TPSA) is 85.3 Å². The zero-order chi connectivity index (χ0) is 22.0. The third kappa shape index (κ3) is 4.52. The van der Waals surface area contributed by atoms with Gasteiger partial charge < -0.3 is 14.4 Å². The maximum Gasteiger partial charge on any atom is 0.339 e. The molecule has 2 aromatic carbocycles. The molecule has 2 aliphatic rings. The third-order valence-corrected chi connectivity index (χ3v) is 6.71. The third-order valence-electron chi connectivity index (χ3n) is 5.07. The lowest BCUT2D eigenvalue weighted by atomic mass is 10.1. The molecule has 2 aromatic rings. The van der Waals surface area contributed by atoms with E-state index >= 15 is 0 Å². The second-order valence-electron chi connectivity index (χ2n) is 7.16. The Labute approximate surface area is 184 Å². The van der Waals surface area contributed by atoms with E-state index in [4.69, 9.17) is 21.1 Å². The predicted octanol–water partition coefficient (Wildman–Crippen LogP) is 4.20. The molecule has 0 aromatic heterocycles. The van der Waals surface area contributed by atoms with Gasteiger partial charge in [-0.15, -0.1) is 4.40 Å². The van der Waals surface area contributed by atoms with Crippen molar-refractivity contribution in [2.24, 2.45) is 4.40 Å². The highest BCUT2D eigenvalue weighted by Gasteiger charge is 2.33. The zero-order valence-electron chi connectivity index (χ0n) is 16.5. The summed E-state index contributed by atoms with van der Waals surface area (Å²) in [6.07, 6.45) is 3.33. The summed E-state index contributed by atoms with van der Waals surface area (Å²) in [6.45, 7) is 0.394. The molecular formula is C21H20ClFN2O5S. The summed E-state index contributed by atoms with van der Waals surface area (Å²) in [5.74, 6) is -0.778. The van der Waals surface area contributed by atoms with Gasteiger partial charge in [-0.1, -0.05) is 30.2 Å². The lowest BCUT2D eigenvalue weighted by molar-refractivity contribution is 0.0448. The van der Waals surface area contributed by atoms with Crippen molar-refractivity contribution >= 4 is 39.1 Å². The molecule has 0 N–H and O–H groups in total. The Balaban J connectivity index is 1.50. The number of carbonyl (C=O) groups is 1. The summed E-state index contributed by atoms with van der Waals surface area (Å²) in [6, 6.07) is 8.55. The Morgan fingerprint density at radius 1 is 1.16 bits per heavy atom. The van der Waals surface area contributed by atoms with Crippen molar-refractivity contribution in [1.82, 2.24) is 0 Å². The molecule has 0 spiro atoms. The van der Waals surface area contributed by atoms with Crippen molar-refractivity contribution in [3.63, 3.8) is 0 Å². The maximum atomic E-state index is 13.5. The van der Waals surface area contributed by atoms with Crippen LogP contribution in [0.4, 0.5) is 10.1 Å². The van der Waals surface area contributed by atoms with Gasteiger partial charge in [0.2, 0.25) is 0 Å². The summed E-state index contributed by atoms with van der Waals surface area (Å²) >= 11 is 6.31. The highest BCUT2D eigenvalue weighted by molar-refractivity contribution is 7.90. The second-order valence-corrected chi connectivity index (χ2v) is 9.14. The summed E-state index contributed by atoms with van der Waals surface area (Å²) in [5, 5.41) is 0.0828. The van der Waals surface area contributed by atoms with Crippen molar-refractivity contribution in [3.8, 4) is 5.75 Å². The minimum absolute atomic E-state index is 0.0440. The summed E-state index contributed by atoms with van der Waals surface area (Å²) < 4.78 is 53.3. The quantitative estimate of drug-likeness (QED) is 0.485. The normalized spacial score (nSPS) is 17.1. The first-order valence-electron chi connectivity index (χ1n) is 9.86. The van der Waals surface area contributed by atoms with Crippen molar-refractivity contribution in [3.05, 3.63) is 52.8 Å². The molecule has 2 heterocycles. The van der Waals surface area contributed by atoms with Gasteiger partial charge in [-0.25, -0.2) is 9.18 Å². The molecule has 1 fully saturated rings. The van der Waals surface area contributed by atoms with E-state index in [1.165, 1.54) is 30.3 Å². The molecule has 7 nitrogen and oxygen atoms in total. The minimum atomic E-state index is -3.95. The number of amidine groups is 1. The van der Waals surface area contributed by atoms with E-state index in [0.29, 0.717) is 24.5 Å². The number of benzene rings is 2. The smallest absolute Gasteiger partial charge is 0.339 e. The predicted molar refractivity (Wildman–Crippen MR) is 114 cm³/mol. The number of hydrogen-bond acceptors (Lipinski definition) is 6. The first-order chi connectivity index (χ1) is 14.9. The van der Waals surface area contributed by atoms with Crippen LogP contribution in [0.5, 0.6) is 5.75 Å². The van der Waals surface area contributed by atoms with Gasteiger partial charge in [-0.3, -0.25) is 0 Å². The van der Waals surface area contributed by atoms with E-state index in [1.807, 2.05) is 4.90 Å². The van der Waals surface area contributed by atoms with Gasteiger partial charge >= 0.3 is 5.97 Å². The van der Waals surface area contributed by atoms with Crippen LogP contribution < -0.4 is 9.64 Å². The van der Waals surface area contributed by atoms with E-state index in [1.54, 1.807) is 6.07 Å². The lowest BCUT2D eigenvalue weighted by Gasteiger charge is -2.30. The number of esters is 1. The lowest BCUT2D eigenvalue weighted by Crippen LogP contribution is -2.35. The van der Waals surface area contributed by atoms with E-state index in [-0.39, 0.29) is 34.4 Å². The molecule has 164 valence electrons. The number of fused-ring (bicyclic) bond motifs is 3. The van der Waals surface area contributed by atoms with Crippen LogP contribution in [0.25, 0.3) is 0 Å². The van der Waals surface area contributed by atoms with Crippen molar-refractivity contribution in [2.75, 3.05) is 24.7 Å². The van der Waals surface area contributed by atoms with Gasteiger partial charge in [0, 0.05) is 13.0 Å². The molecule has 2 aliphatic heterocycles. The monoisotopic (exact) mass is 466 g/mol. The van der Waals surface area contributed by atoms with Gasteiger partial charge in [0.25, 0.3) is 10.0 Å². The number of sulfonamides is 1. The number of anilines is 1. The Morgan fingerprint density at radius 2 is 1.97 bits per heavy atom. The van der Waals surface area contributed by atoms with Crippen LogP contribution in [-0.2, 0) is 14.8 Å². The van der Waals surface area contributed by atoms with Gasteiger partial charge in [0.1, 0.15) is 23.9 Å². The summed E-state index contributed by atoms with van der Waals surface area (Å²) in [4.78, 5) is 14.3. The van der Waals surface area contributed by atoms with Crippen LogP contribution in [0, 0.1) is 5.82 Å². The average molecular weight is 467 g/mol. The van der Waals surface area contributed by atoms with Crippen molar-refractivity contribution < 1.29 is 27.1 Å². The largest absolute Gasteiger partial charge is 0.487 e. The maximum absolute atomic E-state index is 13.5. The number of carbonyl (C=O) groups excluding carboxylic acids is 1.